The van der Waals surface area contributed by atoms with E-state index in [0.717, 1.165) is 99.5 Å². The van der Waals surface area contributed by atoms with Gasteiger partial charge < -0.3 is 9.13 Å². The number of fused-ring (bicyclic) bond motifs is 6. The molecule has 3 aromatic heterocycles. The third-order valence-electron chi connectivity index (χ3n) is 13.3. The summed E-state index contributed by atoms with van der Waals surface area (Å²) in [5, 5.41) is 24.4. The molecule has 0 bridgehead atoms. The molecule has 12 rings (SSSR count). The van der Waals surface area contributed by atoms with Crippen LogP contribution in [0, 0.1) is 22.7 Å². The average Bonchev–Trinajstić information content (AvgIpc) is 3.96. The molecule has 0 radical (unpaired) electrons. The van der Waals surface area contributed by atoms with Crippen molar-refractivity contribution in [2.24, 2.45) is 15.0 Å². The van der Waals surface area contributed by atoms with Crippen LogP contribution in [0.15, 0.2) is 246 Å². The molecular weight excluding hydrogens is 881 g/mol. The summed E-state index contributed by atoms with van der Waals surface area (Å²) in [6.45, 7) is 3.92. The van der Waals surface area contributed by atoms with E-state index in [1.54, 1.807) is 0 Å². The van der Waals surface area contributed by atoms with E-state index in [9.17, 15) is 10.5 Å². The number of amidine groups is 2. The summed E-state index contributed by atoms with van der Waals surface area (Å²) >= 11 is 0. The number of hydrogen-bond acceptors (Lipinski definition) is 4. The van der Waals surface area contributed by atoms with Crippen molar-refractivity contribution in [2.75, 3.05) is 0 Å². The van der Waals surface area contributed by atoms with Gasteiger partial charge in [-0.2, -0.15) is 10.5 Å². The van der Waals surface area contributed by atoms with Crippen LogP contribution in [0.3, 0.4) is 0 Å². The van der Waals surface area contributed by atoms with E-state index in [0.29, 0.717) is 28.5 Å². The smallest absolute Gasteiger partial charge is 0.162 e. The van der Waals surface area contributed by atoms with E-state index < -0.39 is 0 Å². The number of pyridine rings is 1. The monoisotopic (exact) mass is 920 g/mol. The molecule has 0 amide bonds. The highest BCUT2D eigenvalue weighted by molar-refractivity contribution is 6.15. The summed E-state index contributed by atoms with van der Waals surface area (Å²) in [6, 6.07) is 78.1. The molecule has 0 saturated carbocycles. The number of aliphatic imine (C=N–C) groups is 3. The molecule has 0 aliphatic carbocycles. The van der Waals surface area contributed by atoms with Gasteiger partial charge in [-0.1, -0.05) is 146 Å². The molecule has 0 N–H and O–H groups in total. The van der Waals surface area contributed by atoms with Crippen LogP contribution in [0.5, 0.6) is 0 Å². The third kappa shape index (κ3) is 7.50. The first-order chi connectivity index (χ1) is 35.6. The molecule has 0 atom stereocenters. The van der Waals surface area contributed by atoms with Crippen molar-refractivity contribution in [2.45, 2.75) is 0 Å². The quantitative estimate of drug-likeness (QED) is 0.112. The van der Waals surface area contributed by atoms with Gasteiger partial charge in [0, 0.05) is 61.9 Å². The van der Waals surface area contributed by atoms with Crippen LogP contribution >= 0.6 is 0 Å². The van der Waals surface area contributed by atoms with Gasteiger partial charge in [-0.05, 0) is 102 Å². The van der Waals surface area contributed by atoms with E-state index in [1.807, 2.05) is 122 Å². The molecule has 0 fully saturated rings. The predicted molar refractivity (Wildman–Crippen MR) is 294 cm³/mol. The van der Waals surface area contributed by atoms with Crippen LogP contribution in [0.1, 0.15) is 22.3 Å². The molecule has 0 saturated heterocycles. The number of benzene rings is 9. The first kappa shape index (κ1) is 43.0. The number of nitrogens with zero attached hydrogens (tertiary/aromatic N) is 8. The minimum Gasteiger partial charge on any atom is -0.309 e. The third-order valence-corrected chi connectivity index (χ3v) is 13.3. The normalized spacial score (nSPS) is 11.8. The van der Waals surface area contributed by atoms with Gasteiger partial charge in [0.15, 0.2) is 11.7 Å². The van der Waals surface area contributed by atoms with Gasteiger partial charge in [0.1, 0.15) is 0 Å². The Morgan fingerprint density at radius 1 is 0.444 bits per heavy atom. The van der Waals surface area contributed by atoms with Crippen molar-refractivity contribution >= 4 is 67.7 Å². The minimum absolute atomic E-state index is 0.447. The molecule has 72 heavy (non-hydrogen) atoms. The van der Waals surface area contributed by atoms with Crippen LogP contribution in [0.4, 0.5) is 5.69 Å². The number of para-hydroxylation sites is 2. The Balaban J connectivity index is 1.13. The Morgan fingerprint density at radius 3 is 1.56 bits per heavy atom. The molecule has 0 unspecified atom stereocenters. The fourth-order valence-electron chi connectivity index (χ4n) is 9.98. The number of nitriles is 2. The molecular formula is C64H40N8. The summed E-state index contributed by atoms with van der Waals surface area (Å²) in [5.41, 5.74) is 14.8. The van der Waals surface area contributed by atoms with Crippen molar-refractivity contribution in [3.05, 3.63) is 253 Å². The van der Waals surface area contributed by atoms with E-state index >= 15 is 0 Å². The van der Waals surface area contributed by atoms with E-state index in [-0.39, 0.29) is 0 Å². The first-order valence-corrected chi connectivity index (χ1v) is 23.5. The maximum absolute atomic E-state index is 10.1. The molecule has 0 aliphatic rings. The summed E-state index contributed by atoms with van der Waals surface area (Å²) in [4.78, 5) is 19.8. The van der Waals surface area contributed by atoms with Crippen molar-refractivity contribution in [3.8, 4) is 56.9 Å². The maximum Gasteiger partial charge on any atom is 0.162 e. The van der Waals surface area contributed by atoms with Crippen molar-refractivity contribution < 1.29 is 0 Å². The largest absolute Gasteiger partial charge is 0.309 e. The number of aromatic nitrogens is 3. The van der Waals surface area contributed by atoms with Crippen LogP contribution < -0.4 is 0 Å². The van der Waals surface area contributed by atoms with Gasteiger partial charge >= 0.3 is 0 Å². The zero-order valence-corrected chi connectivity index (χ0v) is 38.7. The number of hydrogen-bond donors (Lipinski definition) is 0. The van der Waals surface area contributed by atoms with Crippen LogP contribution in [-0.2, 0) is 0 Å². The van der Waals surface area contributed by atoms with Crippen molar-refractivity contribution in [1.29, 1.82) is 10.5 Å². The Kier molecular flexibility index (Phi) is 10.9. The lowest BCUT2D eigenvalue weighted by molar-refractivity contribution is 1.15. The summed E-state index contributed by atoms with van der Waals surface area (Å²) in [6.07, 6.45) is 3.75. The molecule has 0 aliphatic heterocycles. The zero-order chi connectivity index (χ0) is 48.5. The summed E-state index contributed by atoms with van der Waals surface area (Å²) < 4.78 is 4.60. The predicted octanol–water partition coefficient (Wildman–Crippen LogP) is 15.2. The van der Waals surface area contributed by atoms with Crippen LogP contribution in [0.2, 0.25) is 0 Å². The van der Waals surface area contributed by atoms with Gasteiger partial charge in [-0.3, -0.25) is 4.98 Å². The van der Waals surface area contributed by atoms with Crippen molar-refractivity contribution in [1.82, 2.24) is 14.1 Å². The lowest BCUT2D eigenvalue weighted by Gasteiger charge is -2.17. The van der Waals surface area contributed by atoms with E-state index in [1.165, 1.54) is 0 Å². The average molecular weight is 921 g/mol. The Hall–Kier alpha value is -10.3. The standard InChI is InChI=1S/C64H40N8/c1-67-63(42-16-4-2-5-17-42)70-64(43-18-6-3-7-19-43)69-57-31-30-48(71-58-26-14-12-24-51(58)54-36-44(28-32-60(54)71)49-22-10-8-20-46(49)39-65)38-53(57)56-41-68-35-34-62(56)72-59-27-15-13-25-52(59)55-37-45(29-33-61(55)72)50-23-11-9-21-47(50)40-66/h2-38,41H,1H2. The minimum atomic E-state index is 0.447. The molecule has 336 valence electrons. The Bertz CT molecular complexity index is 4260. The highest BCUT2D eigenvalue weighted by Crippen LogP contribution is 2.43. The zero-order valence-electron chi connectivity index (χ0n) is 38.7. The lowest BCUT2D eigenvalue weighted by atomic mass is 9.98. The lowest BCUT2D eigenvalue weighted by Crippen LogP contribution is -2.05. The van der Waals surface area contributed by atoms with Crippen molar-refractivity contribution in [3.63, 3.8) is 0 Å². The van der Waals surface area contributed by atoms with Gasteiger partial charge in [0.25, 0.3) is 0 Å². The van der Waals surface area contributed by atoms with Gasteiger partial charge in [-0.25, -0.2) is 15.0 Å². The van der Waals surface area contributed by atoms with E-state index in [4.69, 9.17) is 15.0 Å². The van der Waals surface area contributed by atoms with E-state index in [2.05, 4.69) is 142 Å². The highest BCUT2D eigenvalue weighted by Gasteiger charge is 2.22. The fraction of sp³-hybridized carbons (Fsp3) is 0. The first-order valence-electron chi connectivity index (χ1n) is 23.5. The topological polar surface area (TPSA) is 107 Å². The van der Waals surface area contributed by atoms with Crippen LogP contribution in [0.25, 0.3) is 88.4 Å². The van der Waals surface area contributed by atoms with Crippen LogP contribution in [-0.4, -0.2) is 32.5 Å². The highest BCUT2D eigenvalue weighted by atomic mass is 15.0. The molecule has 8 heteroatoms. The second kappa shape index (κ2) is 18.3. The Morgan fingerprint density at radius 2 is 0.958 bits per heavy atom. The molecule has 3 heterocycles. The molecule has 9 aromatic carbocycles. The summed E-state index contributed by atoms with van der Waals surface area (Å²) in [7, 11) is 0. The fourth-order valence-corrected chi connectivity index (χ4v) is 9.98. The molecule has 0 spiro atoms. The molecule has 8 nitrogen and oxygen atoms in total. The second-order valence-electron chi connectivity index (χ2n) is 17.3. The molecule has 12 aromatic rings. The Labute approximate surface area is 415 Å². The van der Waals surface area contributed by atoms with Gasteiger partial charge in [0.2, 0.25) is 0 Å². The SMILES string of the molecule is C=NC(=NC(=Nc1ccc(-n2c3ccccc3c3cc(-c4ccccc4C#N)ccc32)cc1-c1cnccc1-n1c2ccccc2c2cc(-c3ccccc3C#N)ccc21)c1ccccc1)c1ccccc1. The summed E-state index contributed by atoms with van der Waals surface area (Å²) in [5.74, 6) is 0.910. The van der Waals surface area contributed by atoms with Gasteiger partial charge in [0.05, 0.1) is 56.7 Å². The second-order valence-corrected chi connectivity index (χ2v) is 17.3. The van der Waals surface area contributed by atoms with Gasteiger partial charge in [-0.15, -0.1) is 0 Å². The maximum atomic E-state index is 10.1. The number of rotatable bonds is 8.